The zero-order chi connectivity index (χ0) is 11.8. The van der Waals surface area contributed by atoms with E-state index >= 15 is 0 Å². The van der Waals surface area contributed by atoms with Gasteiger partial charge in [-0.2, -0.15) is 0 Å². The number of amides is 1. The molecule has 15 heavy (non-hydrogen) atoms. The van der Waals surface area contributed by atoms with Crippen molar-refractivity contribution in [2.24, 2.45) is 17.6 Å². The van der Waals surface area contributed by atoms with E-state index in [1.807, 2.05) is 18.9 Å². The molecule has 0 aromatic heterocycles. The fourth-order valence-electron chi connectivity index (χ4n) is 1.61. The van der Waals surface area contributed by atoms with Crippen LogP contribution in [0.25, 0.3) is 0 Å². The molecule has 0 saturated heterocycles. The van der Waals surface area contributed by atoms with Crippen molar-refractivity contribution >= 4 is 5.91 Å². The molecule has 0 radical (unpaired) electrons. The summed E-state index contributed by atoms with van der Waals surface area (Å²) in [6.07, 6.45) is 2.96. The molecule has 0 spiro atoms. The van der Waals surface area contributed by atoms with Gasteiger partial charge in [-0.3, -0.25) is 4.79 Å². The summed E-state index contributed by atoms with van der Waals surface area (Å²) in [7, 11) is 1.90. The van der Waals surface area contributed by atoms with Crippen molar-refractivity contribution in [3.8, 4) is 0 Å². The van der Waals surface area contributed by atoms with Gasteiger partial charge in [-0.1, -0.05) is 27.2 Å². The maximum atomic E-state index is 11.9. The Labute approximate surface area is 94.0 Å². The lowest BCUT2D eigenvalue weighted by molar-refractivity contribution is -0.134. The molecule has 0 aliphatic carbocycles. The van der Waals surface area contributed by atoms with E-state index in [0.717, 1.165) is 25.8 Å². The molecule has 0 fully saturated rings. The first-order valence-corrected chi connectivity index (χ1v) is 5.97. The highest BCUT2D eigenvalue weighted by Gasteiger charge is 2.17. The molecule has 0 aromatic carbocycles. The largest absolute Gasteiger partial charge is 0.345 e. The van der Waals surface area contributed by atoms with Crippen LogP contribution >= 0.6 is 0 Å². The molecular weight excluding hydrogens is 188 g/mol. The number of hydrogen-bond acceptors (Lipinski definition) is 2. The lowest BCUT2D eigenvalue weighted by atomic mass is 10.0. The van der Waals surface area contributed by atoms with Crippen molar-refractivity contribution in [2.75, 3.05) is 20.1 Å². The van der Waals surface area contributed by atoms with Gasteiger partial charge in [-0.15, -0.1) is 0 Å². The molecule has 0 heterocycles. The Bertz CT molecular complexity index is 182. The summed E-state index contributed by atoms with van der Waals surface area (Å²) < 4.78 is 0. The summed E-state index contributed by atoms with van der Waals surface area (Å²) in [6, 6.07) is 0. The number of nitrogens with two attached hydrogens (primary N) is 1. The summed E-state index contributed by atoms with van der Waals surface area (Å²) in [5, 5.41) is 0. The summed E-state index contributed by atoms with van der Waals surface area (Å²) in [6.45, 7) is 7.86. The van der Waals surface area contributed by atoms with E-state index in [1.54, 1.807) is 0 Å². The van der Waals surface area contributed by atoms with E-state index in [1.165, 1.54) is 0 Å². The van der Waals surface area contributed by atoms with Crippen molar-refractivity contribution in [2.45, 2.75) is 40.0 Å². The van der Waals surface area contributed by atoms with E-state index in [9.17, 15) is 4.79 Å². The van der Waals surface area contributed by atoms with Gasteiger partial charge in [0.15, 0.2) is 0 Å². The van der Waals surface area contributed by atoms with Crippen LogP contribution in [0, 0.1) is 11.8 Å². The first-order valence-electron chi connectivity index (χ1n) is 5.97. The fourth-order valence-corrected chi connectivity index (χ4v) is 1.61. The smallest absolute Gasteiger partial charge is 0.225 e. The SMILES string of the molecule is CCC(C)CN(C)C(=O)C(C)CCCN. The van der Waals surface area contributed by atoms with Gasteiger partial charge in [-0.05, 0) is 25.3 Å². The second-order valence-corrected chi connectivity index (χ2v) is 4.56. The van der Waals surface area contributed by atoms with Gasteiger partial charge in [0.2, 0.25) is 5.91 Å². The summed E-state index contributed by atoms with van der Waals surface area (Å²) in [4.78, 5) is 13.7. The van der Waals surface area contributed by atoms with E-state index in [2.05, 4.69) is 13.8 Å². The van der Waals surface area contributed by atoms with Crippen LogP contribution in [-0.2, 0) is 4.79 Å². The van der Waals surface area contributed by atoms with Crippen molar-refractivity contribution in [1.29, 1.82) is 0 Å². The van der Waals surface area contributed by atoms with Gasteiger partial charge in [0, 0.05) is 19.5 Å². The summed E-state index contributed by atoms with van der Waals surface area (Å²) in [5.41, 5.74) is 5.43. The van der Waals surface area contributed by atoms with E-state index in [0.29, 0.717) is 12.5 Å². The second-order valence-electron chi connectivity index (χ2n) is 4.56. The lowest BCUT2D eigenvalue weighted by Gasteiger charge is -2.24. The number of nitrogens with zero attached hydrogens (tertiary/aromatic N) is 1. The van der Waals surface area contributed by atoms with Gasteiger partial charge < -0.3 is 10.6 Å². The third-order valence-electron chi connectivity index (χ3n) is 2.92. The highest BCUT2D eigenvalue weighted by atomic mass is 16.2. The van der Waals surface area contributed by atoms with Crippen LogP contribution in [-0.4, -0.2) is 30.9 Å². The fraction of sp³-hybridized carbons (Fsp3) is 0.917. The van der Waals surface area contributed by atoms with Crippen LogP contribution in [0.3, 0.4) is 0 Å². The number of rotatable bonds is 7. The Balaban J connectivity index is 3.95. The molecule has 0 bridgehead atoms. The Morgan fingerprint density at radius 2 is 2.00 bits per heavy atom. The van der Waals surface area contributed by atoms with Crippen molar-refractivity contribution in [3.63, 3.8) is 0 Å². The molecule has 0 rings (SSSR count). The van der Waals surface area contributed by atoms with Crippen LogP contribution < -0.4 is 5.73 Å². The highest BCUT2D eigenvalue weighted by Crippen LogP contribution is 2.10. The molecule has 3 heteroatoms. The molecule has 90 valence electrons. The third kappa shape index (κ3) is 5.78. The van der Waals surface area contributed by atoms with Crippen LogP contribution in [0.4, 0.5) is 0 Å². The summed E-state index contributed by atoms with van der Waals surface area (Å²) >= 11 is 0. The summed E-state index contributed by atoms with van der Waals surface area (Å²) in [5.74, 6) is 0.951. The maximum absolute atomic E-state index is 11.9. The number of hydrogen-bond donors (Lipinski definition) is 1. The van der Waals surface area contributed by atoms with Gasteiger partial charge in [0.05, 0.1) is 0 Å². The Hall–Kier alpha value is -0.570. The standard InChI is InChI=1S/C12H26N2O/c1-5-10(2)9-14(4)12(15)11(3)7-6-8-13/h10-11H,5-9,13H2,1-4H3. The molecule has 0 aromatic rings. The maximum Gasteiger partial charge on any atom is 0.225 e. The van der Waals surface area contributed by atoms with Crippen LogP contribution in [0.15, 0.2) is 0 Å². The predicted octanol–water partition coefficient (Wildman–Crippen LogP) is 1.87. The molecule has 1 amide bonds. The minimum atomic E-state index is 0.114. The quantitative estimate of drug-likeness (QED) is 0.703. The minimum Gasteiger partial charge on any atom is -0.345 e. The normalized spacial score (nSPS) is 14.7. The molecule has 3 nitrogen and oxygen atoms in total. The average Bonchev–Trinajstić information content (AvgIpc) is 2.24. The number of carbonyl (C=O) groups excluding carboxylic acids is 1. The third-order valence-corrected chi connectivity index (χ3v) is 2.92. The monoisotopic (exact) mass is 214 g/mol. The molecule has 2 atom stereocenters. The number of carbonyl (C=O) groups is 1. The molecule has 0 aliphatic rings. The van der Waals surface area contributed by atoms with Crippen molar-refractivity contribution in [3.05, 3.63) is 0 Å². The van der Waals surface area contributed by atoms with E-state index < -0.39 is 0 Å². The van der Waals surface area contributed by atoms with Crippen LogP contribution in [0.5, 0.6) is 0 Å². The van der Waals surface area contributed by atoms with Gasteiger partial charge in [-0.25, -0.2) is 0 Å². The Morgan fingerprint density at radius 1 is 1.40 bits per heavy atom. The second kappa shape index (κ2) is 7.69. The van der Waals surface area contributed by atoms with Crippen molar-refractivity contribution < 1.29 is 4.79 Å². The zero-order valence-electron chi connectivity index (χ0n) is 10.6. The Kier molecular flexibility index (Phi) is 7.39. The Morgan fingerprint density at radius 3 is 2.47 bits per heavy atom. The predicted molar refractivity (Wildman–Crippen MR) is 64.5 cm³/mol. The van der Waals surface area contributed by atoms with E-state index in [-0.39, 0.29) is 11.8 Å². The first kappa shape index (κ1) is 14.4. The van der Waals surface area contributed by atoms with Gasteiger partial charge in [0.25, 0.3) is 0 Å². The van der Waals surface area contributed by atoms with E-state index in [4.69, 9.17) is 5.73 Å². The average molecular weight is 214 g/mol. The van der Waals surface area contributed by atoms with Crippen LogP contribution in [0.2, 0.25) is 0 Å². The molecular formula is C12H26N2O. The first-order chi connectivity index (χ1) is 7.02. The topological polar surface area (TPSA) is 46.3 Å². The molecule has 0 aliphatic heterocycles. The minimum absolute atomic E-state index is 0.114. The van der Waals surface area contributed by atoms with Gasteiger partial charge >= 0.3 is 0 Å². The molecule has 2 unspecified atom stereocenters. The van der Waals surface area contributed by atoms with Crippen LogP contribution in [0.1, 0.15) is 40.0 Å². The van der Waals surface area contributed by atoms with Crippen molar-refractivity contribution in [1.82, 2.24) is 4.90 Å². The molecule has 0 saturated carbocycles. The lowest BCUT2D eigenvalue weighted by Crippen LogP contribution is -2.35. The highest BCUT2D eigenvalue weighted by molar-refractivity contribution is 5.78. The van der Waals surface area contributed by atoms with Gasteiger partial charge in [0.1, 0.15) is 0 Å². The zero-order valence-corrected chi connectivity index (χ0v) is 10.6. The molecule has 2 N–H and O–H groups in total.